The minimum Gasteiger partial charge on any atom is -0.382 e. The maximum Gasteiger partial charge on any atom is 0.415 e. The summed E-state index contributed by atoms with van der Waals surface area (Å²) in [6.45, 7) is 3.81. The molecule has 0 bridgehead atoms. The molecule has 1 fully saturated rings. The molecule has 2 rings (SSSR count). The third kappa shape index (κ3) is 4.86. The molecule has 1 aromatic rings. The van der Waals surface area contributed by atoms with E-state index in [2.05, 4.69) is 22.2 Å². The number of aliphatic hydroxyl groups is 1. The van der Waals surface area contributed by atoms with Gasteiger partial charge >= 0.3 is 6.18 Å². The zero-order valence-corrected chi connectivity index (χ0v) is 12.6. The third-order valence-electron chi connectivity index (χ3n) is 3.85. The van der Waals surface area contributed by atoms with E-state index in [4.69, 9.17) is 5.11 Å². The van der Waals surface area contributed by atoms with Gasteiger partial charge in [0.1, 0.15) is 0 Å². The number of benzene rings is 1. The SMILES string of the molecule is CN1CCN(c2ccc(CNC[C@@H](O)C(F)(F)F)cc2)CC1. The van der Waals surface area contributed by atoms with Crippen LogP contribution >= 0.6 is 0 Å². The number of nitrogens with one attached hydrogen (secondary N) is 1. The average Bonchev–Trinajstić information content (AvgIpc) is 2.48. The van der Waals surface area contributed by atoms with Crippen molar-refractivity contribution in [1.82, 2.24) is 10.2 Å². The number of nitrogens with zero attached hydrogens (tertiary/aromatic N) is 2. The number of likely N-dealkylation sites (N-methyl/N-ethyl adjacent to an activating group) is 1. The molecule has 1 aliphatic rings. The van der Waals surface area contributed by atoms with Gasteiger partial charge < -0.3 is 20.2 Å². The molecule has 22 heavy (non-hydrogen) atoms. The Morgan fingerprint density at radius 3 is 2.27 bits per heavy atom. The van der Waals surface area contributed by atoms with Crippen molar-refractivity contribution in [1.29, 1.82) is 0 Å². The van der Waals surface area contributed by atoms with Crippen molar-refractivity contribution < 1.29 is 18.3 Å². The van der Waals surface area contributed by atoms with Crippen LogP contribution in [0.5, 0.6) is 0 Å². The molecule has 124 valence electrons. The zero-order valence-electron chi connectivity index (χ0n) is 12.6. The number of anilines is 1. The average molecular weight is 317 g/mol. The van der Waals surface area contributed by atoms with Crippen LogP contribution in [-0.2, 0) is 6.54 Å². The Morgan fingerprint density at radius 2 is 1.73 bits per heavy atom. The minimum atomic E-state index is -4.57. The summed E-state index contributed by atoms with van der Waals surface area (Å²) in [6, 6.07) is 7.78. The van der Waals surface area contributed by atoms with Gasteiger partial charge in [0.15, 0.2) is 6.10 Å². The molecule has 7 heteroatoms. The molecule has 0 radical (unpaired) electrons. The monoisotopic (exact) mass is 317 g/mol. The van der Waals surface area contributed by atoms with Crippen LogP contribution in [0.15, 0.2) is 24.3 Å². The van der Waals surface area contributed by atoms with Crippen molar-refractivity contribution in [2.75, 3.05) is 44.7 Å². The standard InChI is InChI=1S/C15H22F3N3O/c1-20-6-8-21(9-7-20)13-4-2-12(3-5-13)10-19-11-14(22)15(16,17)18/h2-5,14,19,22H,6-11H2,1H3/t14-/m1/s1. The van der Waals surface area contributed by atoms with E-state index in [0.29, 0.717) is 6.54 Å². The molecular weight excluding hydrogens is 295 g/mol. The first-order valence-corrected chi connectivity index (χ1v) is 7.34. The fourth-order valence-electron chi connectivity index (χ4n) is 2.36. The summed E-state index contributed by atoms with van der Waals surface area (Å²) in [6.07, 6.45) is -6.89. The summed E-state index contributed by atoms with van der Waals surface area (Å²) in [4.78, 5) is 4.57. The van der Waals surface area contributed by atoms with Gasteiger partial charge in [-0.2, -0.15) is 13.2 Å². The highest BCUT2D eigenvalue weighted by Crippen LogP contribution is 2.20. The highest BCUT2D eigenvalue weighted by atomic mass is 19.4. The normalized spacial score (nSPS) is 18.5. The molecule has 2 N–H and O–H groups in total. The van der Waals surface area contributed by atoms with Crippen molar-refractivity contribution in [2.24, 2.45) is 0 Å². The maximum atomic E-state index is 12.2. The van der Waals surface area contributed by atoms with Gasteiger partial charge in [-0.05, 0) is 24.7 Å². The first kappa shape index (κ1) is 17.1. The maximum absolute atomic E-state index is 12.2. The van der Waals surface area contributed by atoms with Crippen LogP contribution in [0.25, 0.3) is 0 Å². The number of rotatable bonds is 5. The summed E-state index contributed by atoms with van der Waals surface area (Å²) >= 11 is 0. The van der Waals surface area contributed by atoms with Crippen molar-refractivity contribution in [3.05, 3.63) is 29.8 Å². The second-order valence-electron chi connectivity index (χ2n) is 5.65. The molecular formula is C15H22F3N3O. The van der Waals surface area contributed by atoms with Crippen LogP contribution < -0.4 is 10.2 Å². The van der Waals surface area contributed by atoms with Crippen LogP contribution in [0.1, 0.15) is 5.56 Å². The Bertz CT molecular complexity index is 456. The van der Waals surface area contributed by atoms with Gasteiger partial charge in [0.05, 0.1) is 0 Å². The number of halogens is 3. The largest absolute Gasteiger partial charge is 0.415 e. The molecule has 1 aromatic carbocycles. The van der Waals surface area contributed by atoms with Crippen LogP contribution in [-0.4, -0.2) is 62.1 Å². The van der Waals surface area contributed by atoms with Gasteiger partial charge in [-0.3, -0.25) is 0 Å². The highest BCUT2D eigenvalue weighted by Gasteiger charge is 2.37. The first-order valence-electron chi connectivity index (χ1n) is 7.34. The molecule has 1 aliphatic heterocycles. The molecule has 0 saturated carbocycles. The highest BCUT2D eigenvalue weighted by molar-refractivity contribution is 5.48. The van der Waals surface area contributed by atoms with Crippen molar-refractivity contribution >= 4 is 5.69 Å². The number of hydrogen-bond donors (Lipinski definition) is 2. The first-order chi connectivity index (χ1) is 10.4. The van der Waals surface area contributed by atoms with E-state index in [9.17, 15) is 13.2 Å². The van der Waals surface area contributed by atoms with Crippen LogP contribution in [0.3, 0.4) is 0 Å². The van der Waals surface area contributed by atoms with Gasteiger partial charge in [-0.1, -0.05) is 12.1 Å². The second kappa shape index (κ2) is 7.30. The van der Waals surface area contributed by atoms with Gasteiger partial charge in [-0.15, -0.1) is 0 Å². The lowest BCUT2D eigenvalue weighted by atomic mass is 10.1. The molecule has 1 atom stereocenters. The Kier molecular flexibility index (Phi) is 5.66. The fourth-order valence-corrected chi connectivity index (χ4v) is 2.36. The van der Waals surface area contributed by atoms with Crippen LogP contribution in [0.2, 0.25) is 0 Å². The Labute approximate surface area is 128 Å². The molecule has 0 amide bonds. The molecule has 0 aliphatic carbocycles. The lowest BCUT2D eigenvalue weighted by Crippen LogP contribution is -2.44. The van der Waals surface area contributed by atoms with Crippen LogP contribution in [0, 0.1) is 0 Å². The number of piperazine rings is 1. The van der Waals surface area contributed by atoms with Gasteiger partial charge in [0.25, 0.3) is 0 Å². The van der Waals surface area contributed by atoms with Gasteiger partial charge in [0, 0.05) is 45.0 Å². The summed E-state index contributed by atoms with van der Waals surface area (Å²) in [5, 5.41) is 11.5. The van der Waals surface area contributed by atoms with E-state index in [1.54, 1.807) is 0 Å². The summed E-state index contributed by atoms with van der Waals surface area (Å²) < 4.78 is 36.5. The molecule has 1 saturated heterocycles. The quantitative estimate of drug-likeness (QED) is 0.862. The molecule has 0 unspecified atom stereocenters. The van der Waals surface area contributed by atoms with Gasteiger partial charge in [-0.25, -0.2) is 0 Å². The van der Waals surface area contributed by atoms with E-state index in [1.807, 2.05) is 24.3 Å². The topological polar surface area (TPSA) is 38.7 Å². The number of aliphatic hydroxyl groups excluding tert-OH is 1. The lowest BCUT2D eigenvalue weighted by Gasteiger charge is -2.34. The summed E-state index contributed by atoms with van der Waals surface area (Å²) in [7, 11) is 2.10. The van der Waals surface area contributed by atoms with E-state index in [-0.39, 0.29) is 0 Å². The molecule has 0 aromatic heterocycles. The van der Waals surface area contributed by atoms with E-state index in [1.165, 1.54) is 0 Å². The smallest absolute Gasteiger partial charge is 0.382 e. The zero-order chi connectivity index (χ0) is 16.2. The number of alkyl halides is 3. The predicted molar refractivity (Wildman–Crippen MR) is 79.9 cm³/mol. The third-order valence-corrected chi connectivity index (χ3v) is 3.85. The van der Waals surface area contributed by atoms with E-state index in [0.717, 1.165) is 37.4 Å². The van der Waals surface area contributed by atoms with Crippen molar-refractivity contribution in [3.63, 3.8) is 0 Å². The molecule has 4 nitrogen and oxygen atoms in total. The Hall–Kier alpha value is -1.31. The second-order valence-corrected chi connectivity index (χ2v) is 5.65. The summed E-state index contributed by atoms with van der Waals surface area (Å²) in [5.74, 6) is 0. The fraction of sp³-hybridized carbons (Fsp3) is 0.600. The predicted octanol–water partition coefficient (Wildman–Crippen LogP) is 1.45. The van der Waals surface area contributed by atoms with E-state index >= 15 is 0 Å². The number of hydrogen-bond acceptors (Lipinski definition) is 4. The molecule has 0 spiro atoms. The van der Waals surface area contributed by atoms with Crippen LogP contribution in [0.4, 0.5) is 18.9 Å². The van der Waals surface area contributed by atoms with E-state index < -0.39 is 18.8 Å². The minimum absolute atomic E-state index is 0.302. The van der Waals surface area contributed by atoms with Crippen molar-refractivity contribution in [2.45, 2.75) is 18.8 Å². The van der Waals surface area contributed by atoms with Crippen molar-refractivity contribution in [3.8, 4) is 0 Å². The molecule has 1 heterocycles. The van der Waals surface area contributed by atoms with Gasteiger partial charge in [0.2, 0.25) is 0 Å². The lowest BCUT2D eigenvalue weighted by molar-refractivity contribution is -0.201. The Morgan fingerprint density at radius 1 is 1.14 bits per heavy atom. The Balaban J connectivity index is 1.80. The summed E-state index contributed by atoms with van der Waals surface area (Å²) in [5.41, 5.74) is 2.03.